The van der Waals surface area contributed by atoms with E-state index in [1.54, 1.807) is 13.0 Å². The zero-order valence-corrected chi connectivity index (χ0v) is 23.7. The van der Waals surface area contributed by atoms with Gasteiger partial charge in [0.25, 0.3) is 15.6 Å². The molecule has 0 radical (unpaired) electrons. The molecule has 200 valence electrons. The molecule has 0 aliphatic heterocycles. The van der Waals surface area contributed by atoms with E-state index < -0.39 is 32.9 Å². The van der Waals surface area contributed by atoms with E-state index in [9.17, 15) is 27.9 Å². The number of rotatable bonds is 7. The van der Waals surface area contributed by atoms with Gasteiger partial charge in [-0.15, -0.1) is 22.7 Å². The third-order valence-corrected chi connectivity index (χ3v) is 11.3. The Morgan fingerprint density at radius 2 is 1.89 bits per heavy atom. The number of amides is 1. The Hall–Kier alpha value is -3.07. The summed E-state index contributed by atoms with van der Waals surface area (Å²) in [6.07, 6.45) is 0.660. The van der Waals surface area contributed by atoms with Crippen LogP contribution in [0.1, 0.15) is 40.9 Å². The molecule has 1 aliphatic carbocycles. The Kier molecular flexibility index (Phi) is 6.49. The molecule has 1 aliphatic rings. The summed E-state index contributed by atoms with van der Waals surface area (Å²) in [5, 5.41) is 10.8. The van der Waals surface area contributed by atoms with Crippen LogP contribution in [-0.2, 0) is 23.1 Å². The number of halogens is 1. The zero-order valence-electron chi connectivity index (χ0n) is 20.5. The molecule has 1 saturated carbocycles. The SMILES string of the molecule is Cc1nc(C)c(Cn2c(=O)n(Cc3ccc(Cl)nc3)c(=O)c3cc(S(=O)(=O)N(C(=O)O)C4(C)CC4)sc32)s1. The molecule has 1 amide bonds. The number of carboxylic acid groups (broad SMARTS) is 1. The molecule has 0 bridgehead atoms. The van der Waals surface area contributed by atoms with Gasteiger partial charge in [0.05, 0.1) is 34.7 Å². The van der Waals surface area contributed by atoms with Gasteiger partial charge in [-0.2, -0.15) is 12.7 Å². The maximum absolute atomic E-state index is 13.7. The van der Waals surface area contributed by atoms with E-state index in [1.165, 1.54) is 28.2 Å². The lowest BCUT2D eigenvalue weighted by Crippen LogP contribution is -2.43. The van der Waals surface area contributed by atoms with Gasteiger partial charge in [-0.3, -0.25) is 13.9 Å². The second-order valence-electron chi connectivity index (χ2n) is 9.32. The quantitative estimate of drug-likeness (QED) is 0.319. The van der Waals surface area contributed by atoms with Gasteiger partial charge in [-0.05, 0) is 51.3 Å². The van der Waals surface area contributed by atoms with Crippen LogP contribution in [0.15, 0.2) is 38.2 Å². The zero-order chi connectivity index (χ0) is 27.6. The Bertz CT molecular complexity index is 1820. The number of hydrogen-bond donors (Lipinski definition) is 1. The maximum Gasteiger partial charge on any atom is 0.421 e. The highest BCUT2D eigenvalue weighted by Crippen LogP contribution is 2.45. The maximum atomic E-state index is 13.7. The number of fused-ring (bicyclic) bond motifs is 1. The Morgan fingerprint density at radius 3 is 2.45 bits per heavy atom. The number of aryl methyl sites for hydroxylation is 2. The van der Waals surface area contributed by atoms with Gasteiger partial charge in [0.1, 0.15) is 14.2 Å². The lowest BCUT2D eigenvalue weighted by atomic mass is 10.3. The van der Waals surface area contributed by atoms with Crippen molar-refractivity contribution in [2.75, 3.05) is 0 Å². The van der Waals surface area contributed by atoms with E-state index >= 15 is 0 Å². The number of sulfonamides is 1. The van der Waals surface area contributed by atoms with Crippen LogP contribution in [0.25, 0.3) is 10.2 Å². The van der Waals surface area contributed by atoms with Crippen LogP contribution in [0.2, 0.25) is 5.15 Å². The smallest absolute Gasteiger partial charge is 0.421 e. The summed E-state index contributed by atoms with van der Waals surface area (Å²) in [4.78, 5) is 48.5. The first-order valence-electron chi connectivity index (χ1n) is 11.4. The minimum absolute atomic E-state index is 0.000256. The van der Waals surface area contributed by atoms with Crippen molar-refractivity contribution in [2.24, 2.45) is 0 Å². The van der Waals surface area contributed by atoms with Crippen molar-refractivity contribution in [3.05, 3.63) is 71.5 Å². The first-order chi connectivity index (χ1) is 17.8. The molecule has 11 nitrogen and oxygen atoms in total. The number of thiophene rings is 1. The molecular formula is C23H22ClN5O6S3. The molecule has 38 heavy (non-hydrogen) atoms. The van der Waals surface area contributed by atoms with Crippen molar-refractivity contribution >= 4 is 60.6 Å². The minimum atomic E-state index is -4.50. The van der Waals surface area contributed by atoms with Crippen LogP contribution >= 0.6 is 34.3 Å². The van der Waals surface area contributed by atoms with Gasteiger partial charge in [0.15, 0.2) is 0 Å². The molecule has 0 unspecified atom stereocenters. The first kappa shape index (κ1) is 26.5. The molecule has 1 fully saturated rings. The summed E-state index contributed by atoms with van der Waals surface area (Å²) in [7, 11) is -4.50. The average molecular weight is 596 g/mol. The molecule has 4 heterocycles. The predicted molar refractivity (Wildman–Crippen MR) is 144 cm³/mol. The predicted octanol–water partition coefficient (Wildman–Crippen LogP) is 3.66. The normalized spacial score (nSPS) is 14.6. The second-order valence-corrected chi connectivity index (χ2v) is 14.0. The van der Waals surface area contributed by atoms with Crippen LogP contribution in [0.3, 0.4) is 0 Å². The highest BCUT2D eigenvalue weighted by atomic mass is 35.5. The highest BCUT2D eigenvalue weighted by Gasteiger charge is 2.53. The average Bonchev–Trinajstić information content (AvgIpc) is 3.24. The summed E-state index contributed by atoms with van der Waals surface area (Å²) in [5.41, 5.74) is -1.11. The summed E-state index contributed by atoms with van der Waals surface area (Å²) in [5.74, 6) is 0. The number of thiazole rings is 1. The molecule has 0 aromatic carbocycles. The molecule has 4 aromatic rings. The minimum Gasteiger partial charge on any atom is -0.464 e. The van der Waals surface area contributed by atoms with Gasteiger partial charge in [-0.1, -0.05) is 17.7 Å². The molecule has 0 atom stereocenters. The van der Waals surface area contributed by atoms with Crippen molar-refractivity contribution in [1.82, 2.24) is 23.4 Å². The molecule has 4 aromatic heterocycles. The van der Waals surface area contributed by atoms with Gasteiger partial charge in [-0.25, -0.2) is 19.6 Å². The van der Waals surface area contributed by atoms with Crippen LogP contribution in [0.4, 0.5) is 4.79 Å². The second kappa shape index (κ2) is 9.29. The van der Waals surface area contributed by atoms with E-state index in [0.717, 1.165) is 26.2 Å². The van der Waals surface area contributed by atoms with Gasteiger partial charge in [0, 0.05) is 11.1 Å². The fourth-order valence-corrected chi connectivity index (χ4v) is 8.44. The standard InChI is InChI=1S/C23H22ClN5O6S3/c1-12-16(36-13(2)26-12)11-28-20-15(19(30)27(21(28)31)10-14-4-5-17(24)25-9-14)8-18(37-20)38(34,35)29(22(32)33)23(3)6-7-23/h4-5,8-9H,6-7,10-11H2,1-3H3,(H,32,33). The van der Waals surface area contributed by atoms with Crippen molar-refractivity contribution in [2.45, 2.75) is 56.5 Å². The molecule has 1 N–H and O–H groups in total. The van der Waals surface area contributed by atoms with E-state index in [0.29, 0.717) is 34.0 Å². The lowest BCUT2D eigenvalue weighted by molar-refractivity contribution is 0.159. The molecule has 0 saturated heterocycles. The lowest BCUT2D eigenvalue weighted by Gasteiger charge is -2.24. The fraction of sp³-hybridized carbons (Fsp3) is 0.348. The van der Waals surface area contributed by atoms with Gasteiger partial charge in [0.2, 0.25) is 0 Å². The summed E-state index contributed by atoms with van der Waals surface area (Å²) in [6, 6.07) is 4.34. The Morgan fingerprint density at radius 1 is 1.18 bits per heavy atom. The van der Waals surface area contributed by atoms with E-state index in [2.05, 4.69) is 9.97 Å². The number of aromatic nitrogens is 4. The Labute approximate surface area is 229 Å². The monoisotopic (exact) mass is 595 g/mol. The van der Waals surface area contributed by atoms with E-state index in [-0.39, 0.29) is 32.7 Å². The van der Waals surface area contributed by atoms with Crippen LogP contribution in [0.5, 0.6) is 0 Å². The largest absolute Gasteiger partial charge is 0.464 e. The Balaban J connectivity index is 1.73. The van der Waals surface area contributed by atoms with Gasteiger partial charge >= 0.3 is 11.8 Å². The molecule has 5 rings (SSSR count). The number of carbonyl (C=O) groups is 1. The molecule has 15 heteroatoms. The van der Waals surface area contributed by atoms with Crippen LogP contribution in [-0.4, -0.2) is 48.6 Å². The summed E-state index contributed by atoms with van der Waals surface area (Å²) in [6.45, 7) is 5.15. The third-order valence-electron chi connectivity index (χ3n) is 6.44. The van der Waals surface area contributed by atoms with E-state index in [4.69, 9.17) is 11.6 Å². The van der Waals surface area contributed by atoms with Crippen molar-refractivity contribution < 1.29 is 18.3 Å². The number of nitrogens with zero attached hydrogens (tertiary/aromatic N) is 5. The highest BCUT2D eigenvalue weighted by molar-refractivity contribution is 7.92. The first-order valence-corrected chi connectivity index (χ1v) is 14.9. The topological polar surface area (TPSA) is 144 Å². The van der Waals surface area contributed by atoms with E-state index in [1.807, 2.05) is 13.8 Å². The van der Waals surface area contributed by atoms with Crippen LogP contribution < -0.4 is 11.2 Å². The van der Waals surface area contributed by atoms with Crippen LogP contribution in [0, 0.1) is 13.8 Å². The van der Waals surface area contributed by atoms with Crippen molar-refractivity contribution in [3.63, 3.8) is 0 Å². The van der Waals surface area contributed by atoms with Crippen molar-refractivity contribution in [3.8, 4) is 0 Å². The molecular weight excluding hydrogens is 574 g/mol. The number of hydrogen-bond acceptors (Lipinski definition) is 9. The van der Waals surface area contributed by atoms with Crippen molar-refractivity contribution in [1.29, 1.82) is 0 Å². The third kappa shape index (κ3) is 4.55. The fourth-order valence-electron chi connectivity index (χ4n) is 4.23. The van der Waals surface area contributed by atoms with Gasteiger partial charge < -0.3 is 5.11 Å². The summed E-state index contributed by atoms with van der Waals surface area (Å²) >= 11 is 7.97. The summed E-state index contributed by atoms with van der Waals surface area (Å²) < 4.78 is 29.5. The molecule has 0 spiro atoms. The number of pyridine rings is 1.